The molecule has 0 radical (unpaired) electrons. The zero-order valence-corrected chi connectivity index (χ0v) is 10.3. The number of hydrogen-bond donors (Lipinski definition) is 1. The average Bonchev–Trinajstić information content (AvgIpc) is 2.63. The third kappa shape index (κ3) is 2.16. The van der Waals surface area contributed by atoms with Crippen LogP contribution >= 0.6 is 11.5 Å². The van der Waals surface area contributed by atoms with Crippen molar-refractivity contribution < 1.29 is 4.79 Å². The molecule has 6 heteroatoms. The summed E-state index contributed by atoms with van der Waals surface area (Å²) in [4.78, 5) is 13.4. The lowest BCUT2D eigenvalue weighted by Gasteiger charge is -2.35. The lowest BCUT2D eigenvalue weighted by Crippen LogP contribution is -2.39. The van der Waals surface area contributed by atoms with Crippen LogP contribution in [0.4, 0.5) is 5.00 Å². The van der Waals surface area contributed by atoms with E-state index in [1.54, 1.807) is 0 Å². The Labute approximate surface area is 98.8 Å². The molecule has 1 aromatic rings. The molecule has 2 heterocycles. The van der Waals surface area contributed by atoms with Gasteiger partial charge >= 0.3 is 0 Å². The molecule has 2 rings (SSSR count). The third-order valence-electron chi connectivity index (χ3n) is 2.86. The first-order chi connectivity index (χ1) is 7.58. The van der Waals surface area contributed by atoms with Gasteiger partial charge in [0.25, 0.3) is 5.91 Å². The topological polar surface area (TPSA) is 72.1 Å². The van der Waals surface area contributed by atoms with Crippen molar-refractivity contribution in [1.82, 2.24) is 9.59 Å². The number of carbonyl (C=O) groups is 1. The highest BCUT2D eigenvalue weighted by atomic mass is 32.1. The molecule has 0 saturated carbocycles. The fraction of sp³-hybridized carbons (Fsp3) is 0.700. The van der Waals surface area contributed by atoms with E-state index in [4.69, 9.17) is 5.73 Å². The summed E-state index contributed by atoms with van der Waals surface area (Å²) in [5, 5.41) is 4.62. The van der Waals surface area contributed by atoms with Gasteiger partial charge in [0.05, 0.1) is 0 Å². The van der Waals surface area contributed by atoms with Crippen molar-refractivity contribution in [2.75, 3.05) is 18.0 Å². The smallest absolute Gasteiger partial charge is 0.272 e. The van der Waals surface area contributed by atoms with Crippen LogP contribution in [0.25, 0.3) is 0 Å². The van der Waals surface area contributed by atoms with E-state index in [0.29, 0.717) is 17.5 Å². The predicted molar refractivity (Wildman–Crippen MR) is 63.6 cm³/mol. The van der Waals surface area contributed by atoms with Crippen LogP contribution in [0.3, 0.4) is 0 Å². The molecule has 0 spiro atoms. The molecule has 1 aliphatic rings. The van der Waals surface area contributed by atoms with Crippen LogP contribution in [-0.4, -0.2) is 28.6 Å². The Morgan fingerprint density at radius 3 is 2.62 bits per heavy atom. The Morgan fingerprint density at radius 2 is 2.06 bits per heavy atom. The number of aromatic nitrogens is 2. The molecular formula is C10H16N4OS. The Bertz CT molecular complexity index is 382. The molecule has 2 N–H and O–H groups in total. The second kappa shape index (κ2) is 4.37. The fourth-order valence-electron chi connectivity index (χ4n) is 2.38. The molecule has 1 aromatic heterocycles. The van der Waals surface area contributed by atoms with E-state index >= 15 is 0 Å². The Hall–Kier alpha value is -1.17. The molecule has 0 aromatic carbocycles. The molecule has 0 unspecified atom stereocenters. The van der Waals surface area contributed by atoms with Crippen LogP contribution in [0, 0.1) is 11.8 Å². The van der Waals surface area contributed by atoms with Gasteiger partial charge in [-0.25, -0.2) is 0 Å². The summed E-state index contributed by atoms with van der Waals surface area (Å²) < 4.78 is 3.82. The number of primary amides is 1. The van der Waals surface area contributed by atoms with E-state index in [9.17, 15) is 4.79 Å². The maximum absolute atomic E-state index is 11.2. The molecule has 1 saturated heterocycles. The van der Waals surface area contributed by atoms with Gasteiger partial charge in [-0.1, -0.05) is 18.3 Å². The first kappa shape index (κ1) is 11.3. The highest BCUT2D eigenvalue weighted by molar-refractivity contribution is 7.10. The van der Waals surface area contributed by atoms with E-state index in [0.717, 1.165) is 18.1 Å². The molecule has 16 heavy (non-hydrogen) atoms. The van der Waals surface area contributed by atoms with Crippen LogP contribution in [0.15, 0.2) is 0 Å². The predicted octanol–water partition coefficient (Wildman–Crippen LogP) is 1.12. The quantitative estimate of drug-likeness (QED) is 0.840. The minimum absolute atomic E-state index is 0.311. The number of nitrogens with zero attached hydrogens (tertiary/aromatic N) is 3. The average molecular weight is 240 g/mol. The van der Waals surface area contributed by atoms with Crippen LogP contribution in [-0.2, 0) is 0 Å². The van der Waals surface area contributed by atoms with Gasteiger partial charge in [-0.05, 0) is 18.3 Å². The maximum Gasteiger partial charge on any atom is 0.272 e. The molecular weight excluding hydrogens is 224 g/mol. The molecule has 1 amide bonds. The van der Waals surface area contributed by atoms with Gasteiger partial charge in [-0.3, -0.25) is 4.79 Å². The molecule has 0 aliphatic carbocycles. The van der Waals surface area contributed by atoms with Gasteiger partial charge in [-0.15, -0.1) is 5.10 Å². The van der Waals surface area contributed by atoms with Gasteiger partial charge < -0.3 is 10.6 Å². The van der Waals surface area contributed by atoms with Crippen molar-refractivity contribution in [2.24, 2.45) is 17.6 Å². The third-order valence-corrected chi connectivity index (χ3v) is 3.65. The Morgan fingerprint density at radius 1 is 1.44 bits per heavy atom. The summed E-state index contributed by atoms with van der Waals surface area (Å²) in [5.41, 5.74) is 5.58. The number of nitrogens with two attached hydrogens (primary N) is 1. The largest absolute Gasteiger partial charge is 0.364 e. The monoisotopic (exact) mass is 240 g/mol. The maximum atomic E-state index is 11.2. The van der Waals surface area contributed by atoms with Crippen LogP contribution in [0.5, 0.6) is 0 Å². The van der Waals surface area contributed by atoms with Gasteiger partial charge in [0, 0.05) is 24.6 Å². The van der Waals surface area contributed by atoms with Crippen molar-refractivity contribution in [3.8, 4) is 0 Å². The molecule has 5 nitrogen and oxygen atoms in total. The zero-order chi connectivity index (χ0) is 11.7. The summed E-state index contributed by atoms with van der Waals surface area (Å²) in [6.07, 6.45) is 1.23. The molecule has 0 bridgehead atoms. The number of amides is 1. The lowest BCUT2D eigenvalue weighted by atomic mass is 9.92. The second-order valence-corrected chi connectivity index (χ2v) is 5.37. The van der Waals surface area contributed by atoms with Crippen LogP contribution in [0.1, 0.15) is 30.8 Å². The lowest BCUT2D eigenvalue weighted by molar-refractivity contribution is 0.0996. The van der Waals surface area contributed by atoms with E-state index in [1.807, 2.05) is 0 Å². The number of anilines is 1. The van der Waals surface area contributed by atoms with Gasteiger partial charge in [0.1, 0.15) is 5.00 Å². The van der Waals surface area contributed by atoms with Crippen LogP contribution in [0.2, 0.25) is 0 Å². The number of hydrogen-bond acceptors (Lipinski definition) is 5. The van der Waals surface area contributed by atoms with Crippen molar-refractivity contribution in [3.63, 3.8) is 0 Å². The van der Waals surface area contributed by atoms with E-state index in [-0.39, 0.29) is 0 Å². The second-order valence-electron chi connectivity index (χ2n) is 4.64. The number of piperidine rings is 1. The molecule has 2 atom stereocenters. The summed E-state index contributed by atoms with van der Waals surface area (Å²) in [6, 6.07) is 0. The minimum Gasteiger partial charge on any atom is -0.364 e. The SMILES string of the molecule is C[C@@H]1C[C@H](C)CN(c2snnc2C(N)=O)C1. The van der Waals surface area contributed by atoms with Crippen molar-refractivity contribution in [2.45, 2.75) is 20.3 Å². The summed E-state index contributed by atoms with van der Waals surface area (Å²) in [6.45, 7) is 6.35. The minimum atomic E-state index is -0.491. The molecule has 1 aliphatic heterocycles. The van der Waals surface area contributed by atoms with Crippen LogP contribution < -0.4 is 10.6 Å². The van der Waals surface area contributed by atoms with Crippen molar-refractivity contribution in [3.05, 3.63) is 5.69 Å². The van der Waals surface area contributed by atoms with Crippen molar-refractivity contribution in [1.29, 1.82) is 0 Å². The first-order valence-corrected chi connectivity index (χ1v) is 6.22. The normalized spacial score (nSPS) is 25.8. The van der Waals surface area contributed by atoms with E-state index in [2.05, 4.69) is 28.3 Å². The first-order valence-electron chi connectivity index (χ1n) is 5.45. The van der Waals surface area contributed by atoms with E-state index in [1.165, 1.54) is 18.0 Å². The summed E-state index contributed by atoms with van der Waals surface area (Å²) in [7, 11) is 0. The van der Waals surface area contributed by atoms with E-state index < -0.39 is 5.91 Å². The van der Waals surface area contributed by atoms with Gasteiger partial charge in [0.2, 0.25) is 0 Å². The zero-order valence-electron chi connectivity index (χ0n) is 9.51. The Kier molecular flexibility index (Phi) is 3.09. The standard InChI is InChI=1S/C10H16N4OS/c1-6-3-7(2)5-14(4-6)10-8(9(11)15)12-13-16-10/h6-7H,3-5H2,1-2H3,(H2,11,15)/t6-,7+. The van der Waals surface area contributed by atoms with Gasteiger partial charge in [0.15, 0.2) is 5.69 Å². The highest BCUT2D eigenvalue weighted by Crippen LogP contribution is 2.30. The molecule has 1 fully saturated rings. The number of carbonyl (C=O) groups excluding carboxylic acids is 1. The summed E-state index contributed by atoms with van der Waals surface area (Å²) >= 11 is 1.25. The highest BCUT2D eigenvalue weighted by Gasteiger charge is 2.26. The Balaban J connectivity index is 2.23. The summed E-state index contributed by atoms with van der Waals surface area (Å²) in [5.74, 6) is 0.771. The number of rotatable bonds is 2. The van der Waals surface area contributed by atoms with Crippen molar-refractivity contribution >= 4 is 22.4 Å². The van der Waals surface area contributed by atoms with Gasteiger partial charge in [-0.2, -0.15) is 0 Å². The molecule has 88 valence electrons. The fourth-order valence-corrected chi connectivity index (χ4v) is 3.07.